The molecule has 0 bridgehead atoms. The lowest BCUT2D eigenvalue weighted by Gasteiger charge is -2.08. The van der Waals surface area contributed by atoms with Gasteiger partial charge in [-0.1, -0.05) is 6.92 Å². The minimum atomic E-state index is 0.340. The Balaban J connectivity index is 2.54. The highest BCUT2D eigenvalue weighted by Gasteiger charge is 2.10. The van der Waals surface area contributed by atoms with E-state index in [1.54, 1.807) is 6.07 Å². The number of nitrogens with zero attached hydrogens (tertiary/aromatic N) is 1. The molecule has 0 amide bonds. The highest BCUT2D eigenvalue weighted by molar-refractivity contribution is 7.98. The van der Waals surface area contributed by atoms with Crippen molar-refractivity contribution in [2.75, 3.05) is 5.75 Å². The Morgan fingerprint density at radius 1 is 1.35 bits per heavy atom. The van der Waals surface area contributed by atoms with E-state index in [1.165, 1.54) is 10.9 Å². The zero-order valence-corrected chi connectivity index (χ0v) is 11.4. The first-order chi connectivity index (χ1) is 8.13. The van der Waals surface area contributed by atoms with Crippen LogP contribution in [0.2, 0.25) is 0 Å². The van der Waals surface area contributed by atoms with Crippen molar-refractivity contribution in [3.8, 4) is 5.75 Å². The molecule has 0 radical (unpaired) electrons. The first kappa shape index (κ1) is 12.4. The third kappa shape index (κ3) is 2.44. The lowest BCUT2D eigenvalue weighted by Crippen LogP contribution is -1.97. The maximum atomic E-state index is 9.60. The molecule has 3 heteroatoms. The first-order valence-corrected chi connectivity index (χ1v) is 7.19. The second kappa shape index (κ2) is 5.05. The van der Waals surface area contributed by atoms with Crippen molar-refractivity contribution in [2.45, 2.75) is 32.6 Å². The van der Waals surface area contributed by atoms with E-state index in [0.29, 0.717) is 11.8 Å². The Bertz CT molecular complexity index is 516. The van der Waals surface area contributed by atoms with Crippen LogP contribution in [0.4, 0.5) is 0 Å². The summed E-state index contributed by atoms with van der Waals surface area (Å²) in [4.78, 5) is 0. The van der Waals surface area contributed by atoms with E-state index >= 15 is 0 Å². The Morgan fingerprint density at radius 3 is 2.76 bits per heavy atom. The van der Waals surface area contributed by atoms with Crippen molar-refractivity contribution >= 4 is 22.7 Å². The first-order valence-electron chi connectivity index (χ1n) is 6.03. The van der Waals surface area contributed by atoms with Crippen LogP contribution in [-0.4, -0.2) is 15.4 Å². The fraction of sp³-hybridized carbons (Fsp3) is 0.429. The van der Waals surface area contributed by atoms with Crippen molar-refractivity contribution < 1.29 is 5.11 Å². The smallest absolute Gasteiger partial charge is 0.117 e. The number of phenolic OH excluding ortho intramolecular Hbond substituents is 1. The molecule has 17 heavy (non-hydrogen) atoms. The average molecular weight is 249 g/mol. The standard InChI is InChI=1S/C14H19NOS/c1-4-17-9-11-8-15(10(2)3)14-7-12(16)5-6-13(11)14/h5-8,10,16H,4,9H2,1-3H3. The number of aromatic hydroxyl groups is 1. The normalized spacial score (nSPS) is 11.5. The van der Waals surface area contributed by atoms with E-state index < -0.39 is 0 Å². The highest BCUT2D eigenvalue weighted by Crippen LogP contribution is 2.30. The number of rotatable bonds is 4. The van der Waals surface area contributed by atoms with Crippen molar-refractivity contribution in [1.29, 1.82) is 0 Å². The molecular formula is C14H19NOS. The topological polar surface area (TPSA) is 25.2 Å². The van der Waals surface area contributed by atoms with E-state index in [4.69, 9.17) is 0 Å². The molecule has 0 saturated heterocycles. The van der Waals surface area contributed by atoms with Gasteiger partial charge in [0, 0.05) is 29.4 Å². The second-order valence-electron chi connectivity index (χ2n) is 4.49. The summed E-state index contributed by atoms with van der Waals surface area (Å²) in [7, 11) is 0. The molecule has 0 fully saturated rings. The molecular weight excluding hydrogens is 230 g/mol. The number of hydrogen-bond donors (Lipinski definition) is 1. The summed E-state index contributed by atoms with van der Waals surface area (Å²) in [5, 5.41) is 10.9. The molecule has 0 aliphatic carbocycles. The Labute approximate surface area is 107 Å². The number of fused-ring (bicyclic) bond motifs is 1. The van der Waals surface area contributed by atoms with Crippen molar-refractivity contribution in [1.82, 2.24) is 4.57 Å². The van der Waals surface area contributed by atoms with Gasteiger partial charge in [-0.05, 0) is 37.3 Å². The van der Waals surface area contributed by atoms with Crippen LogP contribution in [-0.2, 0) is 5.75 Å². The highest BCUT2D eigenvalue weighted by atomic mass is 32.2. The minimum absolute atomic E-state index is 0.340. The molecule has 0 aliphatic rings. The Hall–Kier alpha value is -1.09. The van der Waals surface area contributed by atoms with Crippen LogP contribution < -0.4 is 0 Å². The van der Waals surface area contributed by atoms with Crippen molar-refractivity contribution in [3.05, 3.63) is 30.0 Å². The van der Waals surface area contributed by atoms with Gasteiger partial charge in [-0.25, -0.2) is 0 Å². The van der Waals surface area contributed by atoms with Crippen molar-refractivity contribution in [3.63, 3.8) is 0 Å². The fourth-order valence-electron chi connectivity index (χ4n) is 2.07. The quantitative estimate of drug-likeness (QED) is 0.879. The second-order valence-corrected chi connectivity index (χ2v) is 5.77. The predicted molar refractivity (Wildman–Crippen MR) is 75.8 cm³/mol. The summed E-state index contributed by atoms with van der Waals surface area (Å²) in [6.45, 7) is 6.51. The van der Waals surface area contributed by atoms with E-state index in [2.05, 4.69) is 31.5 Å². The summed E-state index contributed by atoms with van der Waals surface area (Å²) in [5.41, 5.74) is 2.49. The lowest BCUT2D eigenvalue weighted by atomic mass is 10.2. The van der Waals surface area contributed by atoms with Crippen LogP contribution in [0.1, 0.15) is 32.4 Å². The monoisotopic (exact) mass is 249 g/mol. The number of thioether (sulfide) groups is 1. The number of phenols is 1. The molecule has 2 nitrogen and oxygen atoms in total. The summed E-state index contributed by atoms with van der Waals surface area (Å²) >= 11 is 1.93. The summed E-state index contributed by atoms with van der Waals surface area (Å²) < 4.78 is 2.24. The average Bonchev–Trinajstić information content (AvgIpc) is 2.64. The molecule has 0 aliphatic heterocycles. The third-order valence-corrected chi connectivity index (χ3v) is 3.84. The minimum Gasteiger partial charge on any atom is -0.508 e. The van der Waals surface area contributed by atoms with Gasteiger partial charge in [0.25, 0.3) is 0 Å². The summed E-state index contributed by atoms with van der Waals surface area (Å²) in [5.74, 6) is 2.51. The molecule has 0 atom stereocenters. The number of hydrogen-bond acceptors (Lipinski definition) is 2. The van der Waals surface area contributed by atoms with Crippen LogP contribution in [0.3, 0.4) is 0 Å². The van der Waals surface area contributed by atoms with E-state index in [0.717, 1.165) is 17.0 Å². The zero-order chi connectivity index (χ0) is 12.4. The number of aromatic nitrogens is 1. The molecule has 2 aromatic rings. The molecule has 0 unspecified atom stereocenters. The van der Waals surface area contributed by atoms with Gasteiger partial charge in [-0.3, -0.25) is 0 Å². The Kier molecular flexibility index (Phi) is 3.67. The van der Waals surface area contributed by atoms with Crippen LogP contribution >= 0.6 is 11.8 Å². The van der Waals surface area contributed by atoms with Crippen LogP contribution in [0.25, 0.3) is 10.9 Å². The maximum absolute atomic E-state index is 9.60. The lowest BCUT2D eigenvalue weighted by molar-refractivity contribution is 0.475. The molecule has 1 heterocycles. The maximum Gasteiger partial charge on any atom is 0.117 e. The van der Waals surface area contributed by atoms with Gasteiger partial charge < -0.3 is 9.67 Å². The SMILES string of the molecule is CCSCc1cn(C(C)C)c2cc(O)ccc12. The zero-order valence-electron chi connectivity index (χ0n) is 10.6. The molecule has 1 N–H and O–H groups in total. The van der Waals surface area contributed by atoms with E-state index in [1.807, 2.05) is 23.9 Å². The van der Waals surface area contributed by atoms with Crippen LogP contribution in [0.15, 0.2) is 24.4 Å². The molecule has 1 aromatic heterocycles. The van der Waals surface area contributed by atoms with Gasteiger partial charge >= 0.3 is 0 Å². The summed E-state index contributed by atoms with van der Waals surface area (Å²) in [6.07, 6.45) is 2.22. The molecule has 2 rings (SSSR count). The van der Waals surface area contributed by atoms with Crippen molar-refractivity contribution in [2.24, 2.45) is 0 Å². The van der Waals surface area contributed by atoms with Crippen LogP contribution in [0.5, 0.6) is 5.75 Å². The van der Waals surface area contributed by atoms with E-state index in [9.17, 15) is 5.11 Å². The van der Waals surface area contributed by atoms with Gasteiger partial charge in [0.15, 0.2) is 0 Å². The molecule has 92 valence electrons. The van der Waals surface area contributed by atoms with Gasteiger partial charge in [0.05, 0.1) is 5.52 Å². The van der Waals surface area contributed by atoms with Gasteiger partial charge in [-0.15, -0.1) is 0 Å². The van der Waals surface area contributed by atoms with Gasteiger partial charge in [0.2, 0.25) is 0 Å². The van der Waals surface area contributed by atoms with Crippen LogP contribution in [0, 0.1) is 0 Å². The largest absolute Gasteiger partial charge is 0.508 e. The molecule has 0 saturated carbocycles. The van der Waals surface area contributed by atoms with E-state index in [-0.39, 0.29) is 0 Å². The number of benzene rings is 1. The predicted octanol–water partition coefficient (Wildman–Crippen LogP) is 4.18. The summed E-state index contributed by atoms with van der Waals surface area (Å²) in [6, 6.07) is 6.07. The fourth-order valence-corrected chi connectivity index (χ4v) is 2.72. The Morgan fingerprint density at radius 2 is 2.12 bits per heavy atom. The third-order valence-electron chi connectivity index (χ3n) is 2.92. The molecule has 1 aromatic carbocycles. The van der Waals surface area contributed by atoms with Gasteiger partial charge in [0.1, 0.15) is 5.75 Å². The van der Waals surface area contributed by atoms with Gasteiger partial charge in [-0.2, -0.15) is 11.8 Å². The molecule has 0 spiro atoms.